The molecule has 5 nitrogen and oxygen atoms in total. The summed E-state index contributed by atoms with van der Waals surface area (Å²) in [5, 5.41) is 2.85. The lowest BCUT2D eigenvalue weighted by molar-refractivity contribution is -0.121. The van der Waals surface area contributed by atoms with Crippen LogP contribution < -0.4 is 5.32 Å². The Bertz CT molecular complexity index is 947. The van der Waals surface area contributed by atoms with E-state index in [4.69, 9.17) is 0 Å². The zero-order chi connectivity index (χ0) is 20.2. The second-order valence-electron chi connectivity index (χ2n) is 6.87. The Hall–Kier alpha value is -2.47. The molecule has 27 heavy (non-hydrogen) atoms. The van der Waals surface area contributed by atoms with E-state index in [1.54, 1.807) is 12.1 Å². The van der Waals surface area contributed by atoms with Crippen molar-refractivity contribution in [2.24, 2.45) is 0 Å². The van der Waals surface area contributed by atoms with Crippen molar-refractivity contribution in [1.82, 2.24) is 5.32 Å². The van der Waals surface area contributed by atoms with Crippen molar-refractivity contribution >= 4 is 21.5 Å². The van der Waals surface area contributed by atoms with E-state index < -0.39 is 9.84 Å². The van der Waals surface area contributed by atoms with Crippen LogP contribution in [0.1, 0.15) is 52.9 Å². The largest absolute Gasteiger partial charge is 0.350 e. The van der Waals surface area contributed by atoms with Gasteiger partial charge in [0.25, 0.3) is 0 Å². The van der Waals surface area contributed by atoms with E-state index in [1.807, 2.05) is 39.0 Å². The van der Waals surface area contributed by atoms with Crippen molar-refractivity contribution in [3.63, 3.8) is 0 Å². The van der Waals surface area contributed by atoms with Gasteiger partial charge in [-0.3, -0.25) is 9.59 Å². The summed E-state index contributed by atoms with van der Waals surface area (Å²) < 4.78 is 23.0. The molecule has 2 rings (SSSR count). The fourth-order valence-corrected chi connectivity index (χ4v) is 3.43. The Balaban J connectivity index is 1.93. The van der Waals surface area contributed by atoms with Crippen LogP contribution in [-0.4, -0.2) is 26.4 Å². The zero-order valence-corrected chi connectivity index (χ0v) is 16.9. The van der Waals surface area contributed by atoms with Crippen LogP contribution in [0.5, 0.6) is 0 Å². The summed E-state index contributed by atoms with van der Waals surface area (Å²) in [6.07, 6.45) is 1.41. The minimum Gasteiger partial charge on any atom is -0.350 e. The van der Waals surface area contributed by atoms with Gasteiger partial charge in [0.15, 0.2) is 15.6 Å². The number of carbonyl (C=O) groups is 2. The normalized spacial score (nSPS) is 12.4. The third-order valence-electron chi connectivity index (χ3n) is 4.46. The van der Waals surface area contributed by atoms with Gasteiger partial charge in [0.2, 0.25) is 5.91 Å². The van der Waals surface area contributed by atoms with Crippen LogP contribution in [-0.2, 0) is 14.6 Å². The van der Waals surface area contributed by atoms with Crippen LogP contribution in [0.3, 0.4) is 0 Å². The lowest BCUT2D eigenvalue weighted by atomic mass is 9.99. The number of Topliss-reactive ketones (excluding diaryl/α,β-unsaturated/α-hetero) is 1. The fourth-order valence-electron chi connectivity index (χ4n) is 2.80. The van der Waals surface area contributed by atoms with Crippen molar-refractivity contribution < 1.29 is 18.0 Å². The lowest BCUT2D eigenvalue weighted by Crippen LogP contribution is -2.27. The monoisotopic (exact) mass is 387 g/mol. The fraction of sp³-hybridized carbons (Fsp3) is 0.333. The number of nitrogens with one attached hydrogen (secondary N) is 1. The van der Waals surface area contributed by atoms with E-state index in [1.165, 1.54) is 12.1 Å². The Morgan fingerprint density at radius 2 is 1.63 bits per heavy atom. The van der Waals surface area contributed by atoms with E-state index in [0.717, 1.165) is 22.9 Å². The second kappa shape index (κ2) is 8.48. The molecule has 1 unspecified atom stereocenters. The topological polar surface area (TPSA) is 80.3 Å². The SMILES string of the molecule is Cc1ccc(C)c(C(=O)CCC(=O)NC(C)c2ccc(S(C)(=O)=O)cc2)c1. The van der Waals surface area contributed by atoms with Crippen molar-refractivity contribution in [3.8, 4) is 0 Å². The van der Waals surface area contributed by atoms with E-state index in [9.17, 15) is 18.0 Å². The minimum atomic E-state index is -3.24. The van der Waals surface area contributed by atoms with Crippen molar-refractivity contribution in [1.29, 1.82) is 0 Å². The quantitative estimate of drug-likeness (QED) is 0.737. The lowest BCUT2D eigenvalue weighted by Gasteiger charge is -2.15. The molecular formula is C21H25NO4S. The summed E-state index contributed by atoms with van der Waals surface area (Å²) >= 11 is 0. The standard InChI is InChI=1S/C21H25NO4S/c1-14-5-6-15(2)19(13-14)20(23)11-12-21(24)22-16(3)17-7-9-18(10-8-17)27(4,25)26/h5-10,13,16H,11-12H2,1-4H3,(H,22,24). The van der Waals surface area contributed by atoms with Gasteiger partial charge in [-0.1, -0.05) is 29.8 Å². The number of sulfone groups is 1. The molecule has 0 aliphatic heterocycles. The number of aryl methyl sites for hydroxylation is 2. The Morgan fingerprint density at radius 1 is 1.00 bits per heavy atom. The molecule has 0 radical (unpaired) electrons. The number of amides is 1. The predicted octanol–water partition coefficient (Wildman–Crippen LogP) is 3.55. The molecule has 2 aromatic carbocycles. The molecule has 6 heteroatoms. The van der Waals surface area contributed by atoms with Crippen molar-refractivity contribution in [2.75, 3.05) is 6.26 Å². The molecule has 1 amide bonds. The molecule has 1 N–H and O–H groups in total. The van der Waals surface area contributed by atoms with Gasteiger partial charge in [-0.2, -0.15) is 0 Å². The summed E-state index contributed by atoms with van der Waals surface area (Å²) in [7, 11) is -3.24. The molecule has 0 aliphatic rings. The van der Waals surface area contributed by atoms with E-state index in [2.05, 4.69) is 5.32 Å². The molecule has 0 heterocycles. The summed E-state index contributed by atoms with van der Waals surface area (Å²) in [5.41, 5.74) is 3.38. The number of benzene rings is 2. The number of rotatable bonds is 7. The van der Waals surface area contributed by atoms with Crippen LogP contribution in [0.2, 0.25) is 0 Å². The van der Waals surface area contributed by atoms with Crippen LogP contribution in [0, 0.1) is 13.8 Å². The van der Waals surface area contributed by atoms with E-state index >= 15 is 0 Å². The molecule has 0 spiro atoms. The molecule has 0 aromatic heterocycles. The highest BCUT2D eigenvalue weighted by molar-refractivity contribution is 7.90. The van der Waals surface area contributed by atoms with Gasteiger partial charge < -0.3 is 5.32 Å². The Labute approximate surface area is 160 Å². The molecular weight excluding hydrogens is 362 g/mol. The maximum atomic E-state index is 12.4. The first kappa shape index (κ1) is 20.8. The van der Waals surface area contributed by atoms with Gasteiger partial charge in [-0.15, -0.1) is 0 Å². The molecule has 0 fully saturated rings. The zero-order valence-electron chi connectivity index (χ0n) is 16.1. The average Bonchev–Trinajstić information content (AvgIpc) is 2.61. The smallest absolute Gasteiger partial charge is 0.220 e. The van der Waals surface area contributed by atoms with Gasteiger partial charge >= 0.3 is 0 Å². The van der Waals surface area contributed by atoms with Gasteiger partial charge in [-0.25, -0.2) is 8.42 Å². The minimum absolute atomic E-state index is 0.0449. The molecule has 0 saturated heterocycles. The van der Waals surface area contributed by atoms with Crippen LogP contribution >= 0.6 is 0 Å². The maximum Gasteiger partial charge on any atom is 0.220 e. The average molecular weight is 388 g/mol. The number of ketones is 1. The molecule has 0 saturated carbocycles. The highest BCUT2D eigenvalue weighted by atomic mass is 32.2. The second-order valence-corrected chi connectivity index (χ2v) is 8.89. The first-order chi connectivity index (χ1) is 12.6. The Kier molecular flexibility index (Phi) is 6.54. The highest BCUT2D eigenvalue weighted by Gasteiger charge is 2.15. The van der Waals surface area contributed by atoms with E-state index in [0.29, 0.717) is 5.56 Å². The van der Waals surface area contributed by atoms with Crippen molar-refractivity contribution in [3.05, 3.63) is 64.7 Å². The molecule has 2 aromatic rings. The van der Waals surface area contributed by atoms with Crippen LogP contribution in [0.15, 0.2) is 47.4 Å². The van der Waals surface area contributed by atoms with Gasteiger partial charge in [0, 0.05) is 24.7 Å². The van der Waals surface area contributed by atoms with Crippen LogP contribution in [0.25, 0.3) is 0 Å². The Morgan fingerprint density at radius 3 is 2.22 bits per heavy atom. The summed E-state index contributed by atoms with van der Waals surface area (Å²) in [6, 6.07) is 11.9. The predicted molar refractivity (Wildman–Crippen MR) is 106 cm³/mol. The summed E-state index contributed by atoms with van der Waals surface area (Å²) in [5.74, 6) is -0.259. The maximum absolute atomic E-state index is 12.4. The van der Waals surface area contributed by atoms with Crippen molar-refractivity contribution in [2.45, 2.75) is 44.6 Å². The number of hydrogen-bond donors (Lipinski definition) is 1. The first-order valence-electron chi connectivity index (χ1n) is 8.78. The van der Waals surface area contributed by atoms with Gasteiger partial charge in [0.05, 0.1) is 10.9 Å². The third kappa shape index (κ3) is 5.76. The van der Waals surface area contributed by atoms with Gasteiger partial charge in [-0.05, 0) is 50.1 Å². The molecule has 0 bridgehead atoms. The molecule has 0 aliphatic carbocycles. The highest BCUT2D eigenvalue weighted by Crippen LogP contribution is 2.17. The summed E-state index contributed by atoms with van der Waals surface area (Å²) in [4.78, 5) is 24.8. The van der Waals surface area contributed by atoms with Gasteiger partial charge in [0.1, 0.15) is 0 Å². The molecule has 144 valence electrons. The third-order valence-corrected chi connectivity index (χ3v) is 5.59. The van der Waals surface area contributed by atoms with E-state index in [-0.39, 0.29) is 35.5 Å². The first-order valence-corrected chi connectivity index (χ1v) is 10.7. The molecule has 1 atom stereocenters. The number of hydrogen-bond acceptors (Lipinski definition) is 4. The number of carbonyl (C=O) groups excluding carboxylic acids is 2. The van der Waals surface area contributed by atoms with Crippen LogP contribution in [0.4, 0.5) is 0 Å². The summed E-state index contributed by atoms with van der Waals surface area (Å²) in [6.45, 7) is 5.63.